The van der Waals surface area contributed by atoms with E-state index in [1.165, 1.54) is 28.7 Å². The van der Waals surface area contributed by atoms with Gasteiger partial charge in [0.05, 0.1) is 12.3 Å². The molecule has 5 rings (SSSR count). The maximum Gasteiger partial charge on any atom is 0.204 e. The maximum absolute atomic E-state index is 12.5. The van der Waals surface area contributed by atoms with Gasteiger partial charge in [0.1, 0.15) is 0 Å². The van der Waals surface area contributed by atoms with Gasteiger partial charge in [0.15, 0.2) is 0 Å². The topological polar surface area (TPSA) is 48.5 Å². The van der Waals surface area contributed by atoms with Crippen LogP contribution in [0.3, 0.4) is 0 Å². The van der Waals surface area contributed by atoms with E-state index in [-0.39, 0.29) is 11.8 Å². The minimum atomic E-state index is 0.0127. The molecule has 0 saturated heterocycles. The summed E-state index contributed by atoms with van der Waals surface area (Å²) in [5.74, 6) is 0.421. The van der Waals surface area contributed by atoms with Gasteiger partial charge in [0, 0.05) is 47.5 Å². The molecule has 2 unspecified atom stereocenters. The first-order valence-electron chi connectivity index (χ1n) is 9.10. The highest BCUT2D eigenvalue weighted by Gasteiger charge is 2.33. The van der Waals surface area contributed by atoms with Crippen LogP contribution in [0, 0.1) is 0 Å². The number of rotatable bonds is 2. The van der Waals surface area contributed by atoms with Crippen LogP contribution in [0.5, 0.6) is 0 Å². The molecule has 4 heteroatoms. The monoisotopic (exact) mass is 343 g/mol. The number of carbonyl (C=O) groups excluding carboxylic acids is 1. The number of hydrogen-bond donors (Lipinski definition) is 1. The quantitative estimate of drug-likeness (QED) is 0.755. The number of H-pyrrole nitrogens is 1. The molecule has 0 bridgehead atoms. The molecule has 1 aromatic heterocycles. The Balaban J connectivity index is 1.60. The van der Waals surface area contributed by atoms with Crippen LogP contribution >= 0.6 is 0 Å². The molecule has 0 saturated carbocycles. The van der Waals surface area contributed by atoms with E-state index < -0.39 is 0 Å². The molecular formula is C22H21N3O. The van der Waals surface area contributed by atoms with E-state index in [4.69, 9.17) is 0 Å². The molecule has 4 nitrogen and oxygen atoms in total. The van der Waals surface area contributed by atoms with Gasteiger partial charge in [-0.05, 0) is 42.5 Å². The zero-order valence-corrected chi connectivity index (χ0v) is 15.0. The molecule has 2 atom stereocenters. The summed E-state index contributed by atoms with van der Waals surface area (Å²) in [5.41, 5.74) is 6.85. The highest BCUT2D eigenvalue weighted by molar-refractivity contribution is 6.38. The third kappa shape index (κ3) is 2.22. The van der Waals surface area contributed by atoms with Crippen LogP contribution < -0.4 is 4.90 Å². The minimum Gasteiger partial charge on any atom is -0.378 e. The highest BCUT2D eigenvalue weighted by Crippen LogP contribution is 2.45. The number of aromatic nitrogens is 1. The molecule has 3 aromatic rings. The molecule has 1 aliphatic heterocycles. The second-order valence-corrected chi connectivity index (χ2v) is 7.53. The van der Waals surface area contributed by atoms with Crippen LogP contribution in [-0.2, 0) is 6.42 Å². The van der Waals surface area contributed by atoms with Crippen LogP contribution in [0.1, 0.15) is 45.6 Å². The average Bonchev–Trinajstić information content (AvgIpc) is 2.97. The van der Waals surface area contributed by atoms with Crippen molar-refractivity contribution in [3.05, 3.63) is 64.8 Å². The number of benzene rings is 2. The average molecular weight is 343 g/mol. The van der Waals surface area contributed by atoms with E-state index in [0.717, 1.165) is 29.3 Å². The first-order chi connectivity index (χ1) is 12.6. The molecule has 2 heterocycles. The number of aromatic amines is 1. The van der Waals surface area contributed by atoms with Gasteiger partial charge in [-0.3, -0.25) is 9.79 Å². The molecule has 2 aromatic carbocycles. The predicted octanol–water partition coefficient (Wildman–Crippen LogP) is 4.27. The van der Waals surface area contributed by atoms with Crippen LogP contribution in [-0.4, -0.2) is 31.1 Å². The van der Waals surface area contributed by atoms with Gasteiger partial charge >= 0.3 is 0 Å². The summed E-state index contributed by atoms with van der Waals surface area (Å²) in [5, 5.41) is 1.08. The molecule has 0 fully saturated rings. The van der Waals surface area contributed by atoms with E-state index in [1.807, 2.05) is 12.1 Å². The third-order valence-corrected chi connectivity index (χ3v) is 5.75. The van der Waals surface area contributed by atoms with E-state index >= 15 is 0 Å². The lowest BCUT2D eigenvalue weighted by Crippen LogP contribution is -2.16. The molecule has 2 aliphatic rings. The molecule has 26 heavy (non-hydrogen) atoms. The fourth-order valence-corrected chi connectivity index (χ4v) is 4.44. The first-order valence-corrected chi connectivity index (χ1v) is 9.10. The largest absolute Gasteiger partial charge is 0.378 e. The number of carbonyl (C=O) groups is 1. The Morgan fingerprint density at radius 1 is 1.12 bits per heavy atom. The Morgan fingerprint density at radius 3 is 2.69 bits per heavy atom. The van der Waals surface area contributed by atoms with Crippen molar-refractivity contribution in [2.75, 3.05) is 19.0 Å². The second-order valence-electron chi connectivity index (χ2n) is 7.53. The standard InChI is InChI=1S/C22H21N3O/c1-25(2)15-8-6-13(7-9-15)14-10-18-22-19(11-14)24-17-5-3-4-16(21(17)22)20(26)12-23-18/h3-9,12,14,18,24H,10-11H2,1-2H3. The summed E-state index contributed by atoms with van der Waals surface area (Å²) >= 11 is 0. The van der Waals surface area contributed by atoms with Gasteiger partial charge in [0.2, 0.25) is 5.78 Å². The summed E-state index contributed by atoms with van der Waals surface area (Å²) < 4.78 is 0. The number of hydrogen-bond acceptors (Lipinski definition) is 3. The van der Waals surface area contributed by atoms with E-state index in [0.29, 0.717) is 5.92 Å². The zero-order chi connectivity index (χ0) is 17.8. The molecule has 1 N–H and O–H groups in total. The number of ketones is 1. The van der Waals surface area contributed by atoms with Gasteiger partial charge in [-0.1, -0.05) is 24.3 Å². The Bertz CT molecular complexity index is 1040. The van der Waals surface area contributed by atoms with Crippen molar-refractivity contribution < 1.29 is 4.79 Å². The van der Waals surface area contributed by atoms with E-state index in [9.17, 15) is 4.79 Å². The minimum absolute atomic E-state index is 0.0127. The summed E-state index contributed by atoms with van der Waals surface area (Å²) in [6, 6.07) is 14.8. The number of anilines is 1. The molecular weight excluding hydrogens is 322 g/mol. The zero-order valence-electron chi connectivity index (χ0n) is 15.0. The Kier molecular flexibility index (Phi) is 3.29. The summed E-state index contributed by atoms with van der Waals surface area (Å²) in [6.45, 7) is 0. The fourth-order valence-electron chi connectivity index (χ4n) is 4.44. The van der Waals surface area contributed by atoms with Crippen molar-refractivity contribution >= 4 is 28.6 Å². The summed E-state index contributed by atoms with van der Waals surface area (Å²) in [4.78, 5) is 22.8. The van der Waals surface area contributed by atoms with Crippen molar-refractivity contribution in [1.29, 1.82) is 0 Å². The Morgan fingerprint density at radius 2 is 1.92 bits per heavy atom. The van der Waals surface area contributed by atoms with Crippen molar-refractivity contribution in [1.82, 2.24) is 4.98 Å². The summed E-state index contributed by atoms with van der Waals surface area (Å²) in [6.07, 6.45) is 3.44. The van der Waals surface area contributed by atoms with Crippen molar-refractivity contribution in [3.8, 4) is 0 Å². The van der Waals surface area contributed by atoms with Crippen LogP contribution in [0.15, 0.2) is 47.5 Å². The highest BCUT2D eigenvalue weighted by atomic mass is 16.1. The van der Waals surface area contributed by atoms with Gasteiger partial charge in [-0.2, -0.15) is 0 Å². The lowest BCUT2D eigenvalue weighted by Gasteiger charge is -2.28. The SMILES string of the molecule is CN(C)c1ccc(C2Cc3[nH]c4cccc5c4c3C(C2)N=CC5=O)cc1. The normalized spacial score (nSPS) is 21.1. The predicted molar refractivity (Wildman–Crippen MR) is 106 cm³/mol. The number of nitrogens with zero attached hydrogens (tertiary/aromatic N) is 2. The maximum atomic E-state index is 12.5. The lowest BCUT2D eigenvalue weighted by atomic mass is 9.79. The Hall–Kier alpha value is -2.88. The first kappa shape index (κ1) is 15.4. The fraction of sp³-hybridized carbons (Fsp3) is 0.273. The van der Waals surface area contributed by atoms with Crippen molar-refractivity contribution in [3.63, 3.8) is 0 Å². The molecule has 1 aliphatic carbocycles. The molecule has 0 amide bonds. The van der Waals surface area contributed by atoms with Gasteiger partial charge in [-0.15, -0.1) is 0 Å². The molecule has 0 radical (unpaired) electrons. The lowest BCUT2D eigenvalue weighted by molar-refractivity contribution is 0.107. The van der Waals surface area contributed by atoms with Gasteiger partial charge < -0.3 is 9.88 Å². The van der Waals surface area contributed by atoms with Crippen LogP contribution in [0.25, 0.3) is 10.9 Å². The number of Topliss-reactive ketones (excluding diaryl/α,β-unsaturated/α-hetero) is 1. The van der Waals surface area contributed by atoms with Crippen LogP contribution in [0.4, 0.5) is 5.69 Å². The van der Waals surface area contributed by atoms with Crippen LogP contribution in [0.2, 0.25) is 0 Å². The molecule has 130 valence electrons. The van der Waals surface area contributed by atoms with Gasteiger partial charge in [-0.25, -0.2) is 0 Å². The van der Waals surface area contributed by atoms with Gasteiger partial charge in [0.25, 0.3) is 0 Å². The second kappa shape index (κ2) is 5.56. The third-order valence-electron chi connectivity index (χ3n) is 5.75. The number of aliphatic imine (C=N–C) groups is 1. The van der Waals surface area contributed by atoms with Crippen molar-refractivity contribution in [2.45, 2.75) is 24.8 Å². The smallest absolute Gasteiger partial charge is 0.204 e. The van der Waals surface area contributed by atoms with Crippen molar-refractivity contribution in [2.24, 2.45) is 4.99 Å². The Labute approximate surface area is 152 Å². The van der Waals surface area contributed by atoms with E-state index in [1.54, 1.807) is 0 Å². The number of nitrogens with one attached hydrogen (secondary N) is 1. The molecule has 0 spiro atoms. The summed E-state index contributed by atoms with van der Waals surface area (Å²) in [7, 11) is 4.11. The van der Waals surface area contributed by atoms with E-state index in [2.05, 4.69) is 59.3 Å².